The minimum atomic E-state index is -0.984. The lowest BCUT2D eigenvalue weighted by molar-refractivity contribution is -0.127. The summed E-state index contributed by atoms with van der Waals surface area (Å²) >= 11 is 0. The van der Waals surface area contributed by atoms with Crippen LogP contribution in [0.2, 0.25) is 0 Å². The average molecular weight is 356 g/mol. The van der Waals surface area contributed by atoms with E-state index in [1.165, 1.54) is 19.3 Å². The predicted molar refractivity (Wildman–Crippen MR) is 92.8 cm³/mol. The number of aliphatic hydroxyl groups excluding tert-OH is 1. The Morgan fingerprint density at radius 1 is 1.20 bits per heavy atom. The van der Waals surface area contributed by atoms with Crippen molar-refractivity contribution in [2.24, 2.45) is 11.8 Å². The van der Waals surface area contributed by atoms with Crippen LogP contribution in [0, 0.1) is 11.8 Å². The highest BCUT2D eigenvalue weighted by molar-refractivity contribution is 5.85. The van der Waals surface area contributed by atoms with Crippen molar-refractivity contribution in [2.45, 2.75) is 77.2 Å². The molecule has 1 heterocycles. The standard InChI is InChI=1S/C18H32N2O5/c1-12(2)10-15(16(21)19-14-8-9-24-17(14)22)20-18(23)25-11-13-6-4-3-5-7-13/h12-15,17,22H,3-11H2,1-2H3,(H,19,21)(H,20,23)/t14-,15-,17?/m0/s1. The van der Waals surface area contributed by atoms with Gasteiger partial charge in [-0.25, -0.2) is 4.79 Å². The fourth-order valence-corrected chi connectivity index (χ4v) is 3.44. The number of alkyl carbamates (subject to hydrolysis) is 1. The van der Waals surface area contributed by atoms with Gasteiger partial charge in [0.1, 0.15) is 6.04 Å². The summed E-state index contributed by atoms with van der Waals surface area (Å²) in [7, 11) is 0. The topological polar surface area (TPSA) is 96.9 Å². The molecule has 1 saturated heterocycles. The molecule has 0 bridgehead atoms. The van der Waals surface area contributed by atoms with Crippen molar-refractivity contribution >= 4 is 12.0 Å². The summed E-state index contributed by atoms with van der Waals surface area (Å²) in [6.45, 7) is 4.81. The molecular formula is C18H32N2O5. The third-order valence-electron chi connectivity index (χ3n) is 4.88. The van der Waals surface area contributed by atoms with Crippen LogP contribution in [0.1, 0.15) is 58.8 Å². The van der Waals surface area contributed by atoms with Gasteiger partial charge in [-0.05, 0) is 37.5 Å². The predicted octanol–water partition coefficient (Wildman–Crippen LogP) is 1.93. The molecule has 3 atom stereocenters. The SMILES string of the molecule is CC(C)C[C@H](NC(=O)OCC1CCCCC1)C(=O)N[C@H]1CCOC1O. The van der Waals surface area contributed by atoms with Gasteiger partial charge in [0.2, 0.25) is 5.91 Å². The molecule has 0 spiro atoms. The molecule has 3 N–H and O–H groups in total. The zero-order chi connectivity index (χ0) is 18.2. The van der Waals surface area contributed by atoms with Gasteiger partial charge in [-0.15, -0.1) is 0 Å². The lowest BCUT2D eigenvalue weighted by atomic mass is 9.90. The van der Waals surface area contributed by atoms with Crippen molar-refractivity contribution < 1.29 is 24.2 Å². The Kier molecular flexibility index (Phi) is 7.96. The zero-order valence-corrected chi connectivity index (χ0v) is 15.3. The Morgan fingerprint density at radius 3 is 2.52 bits per heavy atom. The first-order chi connectivity index (χ1) is 12.0. The number of aliphatic hydroxyl groups is 1. The van der Waals surface area contributed by atoms with Gasteiger partial charge < -0.3 is 25.2 Å². The van der Waals surface area contributed by atoms with Crippen LogP contribution in [-0.4, -0.2) is 48.7 Å². The highest BCUT2D eigenvalue weighted by Gasteiger charge is 2.31. The molecule has 25 heavy (non-hydrogen) atoms. The third-order valence-corrected chi connectivity index (χ3v) is 4.88. The van der Waals surface area contributed by atoms with Gasteiger partial charge >= 0.3 is 6.09 Å². The molecule has 1 aliphatic heterocycles. The van der Waals surface area contributed by atoms with Gasteiger partial charge in [0, 0.05) is 0 Å². The third kappa shape index (κ3) is 6.82. The van der Waals surface area contributed by atoms with Crippen LogP contribution in [0.5, 0.6) is 0 Å². The molecule has 0 aromatic rings. The van der Waals surface area contributed by atoms with Crippen molar-refractivity contribution in [1.82, 2.24) is 10.6 Å². The number of rotatable bonds is 7. The first kappa shape index (κ1) is 20.0. The first-order valence-electron chi connectivity index (χ1n) is 9.49. The largest absolute Gasteiger partial charge is 0.449 e. The van der Waals surface area contributed by atoms with Crippen LogP contribution < -0.4 is 10.6 Å². The fraction of sp³-hybridized carbons (Fsp3) is 0.889. The van der Waals surface area contributed by atoms with E-state index < -0.39 is 24.5 Å². The number of hydrogen-bond donors (Lipinski definition) is 3. The van der Waals surface area contributed by atoms with E-state index in [0.29, 0.717) is 32.0 Å². The van der Waals surface area contributed by atoms with Gasteiger partial charge in [0.15, 0.2) is 6.29 Å². The fourth-order valence-electron chi connectivity index (χ4n) is 3.44. The number of nitrogens with one attached hydrogen (secondary N) is 2. The summed E-state index contributed by atoms with van der Waals surface area (Å²) in [6, 6.07) is -1.10. The highest BCUT2D eigenvalue weighted by Crippen LogP contribution is 2.23. The van der Waals surface area contributed by atoms with Crippen molar-refractivity contribution in [3.8, 4) is 0 Å². The summed E-state index contributed by atoms with van der Waals surface area (Å²) in [5.41, 5.74) is 0. The van der Waals surface area contributed by atoms with Crippen LogP contribution in [0.3, 0.4) is 0 Å². The summed E-state index contributed by atoms with van der Waals surface area (Å²) in [5.74, 6) is 0.361. The van der Waals surface area contributed by atoms with Gasteiger partial charge in [0.25, 0.3) is 0 Å². The molecule has 1 saturated carbocycles. The summed E-state index contributed by atoms with van der Waals surface area (Å²) < 4.78 is 10.4. The van der Waals surface area contributed by atoms with Crippen LogP contribution in [-0.2, 0) is 14.3 Å². The van der Waals surface area contributed by atoms with Crippen LogP contribution in [0.15, 0.2) is 0 Å². The number of amides is 2. The Bertz CT molecular complexity index is 437. The number of carbonyl (C=O) groups is 2. The van der Waals surface area contributed by atoms with Crippen molar-refractivity contribution in [3.05, 3.63) is 0 Å². The summed E-state index contributed by atoms with van der Waals surface area (Å²) in [4.78, 5) is 24.6. The van der Waals surface area contributed by atoms with E-state index in [0.717, 1.165) is 12.8 Å². The number of carbonyl (C=O) groups excluding carboxylic acids is 2. The zero-order valence-electron chi connectivity index (χ0n) is 15.3. The van der Waals surface area contributed by atoms with Crippen LogP contribution in [0.25, 0.3) is 0 Å². The van der Waals surface area contributed by atoms with Crippen LogP contribution >= 0.6 is 0 Å². The Labute approximate surface area is 149 Å². The molecule has 2 aliphatic rings. The van der Waals surface area contributed by atoms with Crippen LogP contribution in [0.4, 0.5) is 4.79 Å². The molecule has 7 heteroatoms. The molecular weight excluding hydrogens is 324 g/mol. The Hall–Kier alpha value is -1.34. The average Bonchev–Trinajstić information content (AvgIpc) is 2.98. The van der Waals surface area contributed by atoms with E-state index in [9.17, 15) is 14.7 Å². The Balaban J connectivity index is 1.80. The molecule has 7 nitrogen and oxygen atoms in total. The molecule has 0 aromatic heterocycles. The van der Waals surface area contributed by atoms with E-state index in [-0.39, 0.29) is 11.8 Å². The van der Waals surface area contributed by atoms with E-state index in [4.69, 9.17) is 9.47 Å². The van der Waals surface area contributed by atoms with Crippen molar-refractivity contribution in [2.75, 3.05) is 13.2 Å². The lowest BCUT2D eigenvalue weighted by Gasteiger charge is -2.24. The normalized spacial score (nSPS) is 25.6. The maximum Gasteiger partial charge on any atom is 0.407 e. The van der Waals surface area contributed by atoms with E-state index in [1.807, 2.05) is 13.8 Å². The van der Waals surface area contributed by atoms with Gasteiger partial charge in [-0.1, -0.05) is 33.1 Å². The lowest BCUT2D eigenvalue weighted by Crippen LogP contribution is -2.52. The maximum atomic E-state index is 12.5. The van der Waals surface area contributed by atoms with Crippen molar-refractivity contribution in [1.29, 1.82) is 0 Å². The highest BCUT2D eigenvalue weighted by atomic mass is 16.6. The minimum absolute atomic E-state index is 0.235. The molecule has 1 unspecified atom stereocenters. The maximum absolute atomic E-state index is 12.5. The number of hydrogen-bond acceptors (Lipinski definition) is 5. The molecule has 2 rings (SSSR count). The second kappa shape index (κ2) is 9.97. The first-order valence-corrected chi connectivity index (χ1v) is 9.49. The summed E-state index contributed by atoms with van der Waals surface area (Å²) in [6.07, 6.45) is 5.39. The smallest absolute Gasteiger partial charge is 0.407 e. The van der Waals surface area contributed by atoms with E-state index in [1.54, 1.807) is 0 Å². The molecule has 1 aliphatic carbocycles. The number of ether oxygens (including phenoxy) is 2. The van der Waals surface area contributed by atoms with Gasteiger partial charge in [-0.2, -0.15) is 0 Å². The van der Waals surface area contributed by atoms with Gasteiger partial charge in [-0.3, -0.25) is 4.79 Å². The minimum Gasteiger partial charge on any atom is -0.449 e. The second-order valence-corrected chi connectivity index (χ2v) is 7.59. The second-order valence-electron chi connectivity index (χ2n) is 7.59. The molecule has 144 valence electrons. The monoisotopic (exact) mass is 356 g/mol. The Morgan fingerprint density at radius 2 is 1.92 bits per heavy atom. The van der Waals surface area contributed by atoms with Gasteiger partial charge in [0.05, 0.1) is 19.3 Å². The quantitative estimate of drug-likeness (QED) is 0.648. The van der Waals surface area contributed by atoms with Crippen molar-refractivity contribution in [3.63, 3.8) is 0 Å². The van der Waals surface area contributed by atoms with E-state index in [2.05, 4.69) is 10.6 Å². The molecule has 2 fully saturated rings. The molecule has 2 amide bonds. The molecule has 0 aromatic carbocycles. The summed E-state index contributed by atoms with van der Waals surface area (Å²) in [5, 5.41) is 15.1. The van der Waals surface area contributed by atoms with E-state index >= 15 is 0 Å². The molecule has 0 radical (unpaired) electrons.